The van der Waals surface area contributed by atoms with Crippen LogP contribution in [-0.2, 0) is 17.1 Å². The summed E-state index contributed by atoms with van der Waals surface area (Å²) in [4.78, 5) is 10.7. The van der Waals surface area contributed by atoms with Crippen molar-refractivity contribution in [1.82, 2.24) is 9.29 Å². The smallest absolute Gasteiger partial charge is 0.352 e. The molecule has 0 aliphatic carbocycles. The Kier molecular flexibility index (Phi) is 4.92. The van der Waals surface area contributed by atoms with Crippen molar-refractivity contribution in [3.63, 3.8) is 0 Å². The average Bonchev–Trinajstić information content (AvgIpc) is 2.79. The van der Waals surface area contributed by atoms with Gasteiger partial charge in [0.1, 0.15) is 10.6 Å². The molecule has 1 aromatic rings. The van der Waals surface area contributed by atoms with Gasteiger partial charge < -0.3 is 19.9 Å². The lowest BCUT2D eigenvalue weighted by Gasteiger charge is -2.28. The molecule has 114 valence electrons. The molecule has 1 heterocycles. The zero-order valence-corrected chi connectivity index (χ0v) is 12.0. The molecule has 9 heteroatoms. The number of aliphatic hydroxyl groups is 2. The Morgan fingerprint density at radius 1 is 1.40 bits per heavy atom. The van der Waals surface area contributed by atoms with Gasteiger partial charge in [0.05, 0.1) is 18.8 Å². The van der Waals surface area contributed by atoms with E-state index in [9.17, 15) is 23.4 Å². The van der Waals surface area contributed by atoms with Crippen molar-refractivity contribution in [3.05, 3.63) is 18.0 Å². The molecular weight excluding hydrogens is 288 g/mol. The molecule has 0 fully saturated rings. The van der Waals surface area contributed by atoms with E-state index in [1.807, 2.05) is 0 Å². The fraction of sp³-hybridized carbons (Fsp3) is 0.545. The lowest BCUT2D eigenvalue weighted by molar-refractivity contribution is 0.0686. The van der Waals surface area contributed by atoms with Gasteiger partial charge in [-0.15, -0.1) is 0 Å². The molecule has 0 spiro atoms. The van der Waals surface area contributed by atoms with Gasteiger partial charge in [0, 0.05) is 13.2 Å². The fourth-order valence-electron chi connectivity index (χ4n) is 1.65. The van der Waals surface area contributed by atoms with E-state index in [4.69, 9.17) is 5.11 Å². The molecule has 0 aliphatic rings. The van der Waals surface area contributed by atoms with Crippen molar-refractivity contribution in [1.29, 1.82) is 0 Å². The number of hydrogen-bond acceptors (Lipinski definition) is 5. The third-order valence-corrected chi connectivity index (χ3v) is 4.69. The molecule has 0 saturated carbocycles. The van der Waals surface area contributed by atoms with Crippen LogP contribution in [0.4, 0.5) is 0 Å². The van der Waals surface area contributed by atoms with Crippen LogP contribution in [0.15, 0.2) is 17.2 Å². The summed E-state index contributed by atoms with van der Waals surface area (Å²) < 4.78 is 27.7. The Bertz CT molecular complexity index is 580. The monoisotopic (exact) mass is 306 g/mol. The zero-order valence-electron chi connectivity index (χ0n) is 11.2. The van der Waals surface area contributed by atoms with Crippen LogP contribution in [0.1, 0.15) is 23.8 Å². The van der Waals surface area contributed by atoms with Crippen molar-refractivity contribution in [2.24, 2.45) is 7.05 Å². The topological polar surface area (TPSA) is 129 Å². The molecule has 4 N–H and O–H groups in total. The Hall–Kier alpha value is -1.42. The summed E-state index contributed by atoms with van der Waals surface area (Å²) in [7, 11) is -2.63. The van der Waals surface area contributed by atoms with Crippen LogP contribution in [0.3, 0.4) is 0 Å². The van der Waals surface area contributed by atoms with E-state index in [1.54, 1.807) is 6.92 Å². The molecule has 0 saturated heterocycles. The molecule has 1 rings (SSSR count). The number of nitrogens with zero attached hydrogens (tertiary/aromatic N) is 1. The van der Waals surface area contributed by atoms with E-state index in [0.29, 0.717) is 0 Å². The maximum absolute atomic E-state index is 12.2. The highest BCUT2D eigenvalue weighted by Gasteiger charge is 2.33. The normalized spacial score (nSPS) is 12.6. The highest BCUT2D eigenvalue weighted by Crippen LogP contribution is 2.18. The first kappa shape index (κ1) is 16.6. The summed E-state index contributed by atoms with van der Waals surface area (Å²) in [5.74, 6) is -1.25. The molecule has 8 nitrogen and oxygen atoms in total. The van der Waals surface area contributed by atoms with Gasteiger partial charge >= 0.3 is 5.97 Å². The van der Waals surface area contributed by atoms with E-state index >= 15 is 0 Å². The molecule has 0 unspecified atom stereocenters. The molecule has 1 aromatic heterocycles. The Balaban J connectivity index is 3.17. The highest BCUT2D eigenvalue weighted by atomic mass is 32.2. The zero-order chi connectivity index (χ0) is 15.6. The lowest BCUT2D eigenvalue weighted by atomic mass is 10.0. The van der Waals surface area contributed by atoms with E-state index in [0.717, 1.165) is 12.3 Å². The molecular formula is C11H18N2O6S. The third-order valence-electron chi connectivity index (χ3n) is 3.14. The number of carboxylic acid groups (broad SMARTS) is 1. The first-order chi connectivity index (χ1) is 9.21. The van der Waals surface area contributed by atoms with Crippen LogP contribution >= 0.6 is 0 Å². The Morgan fingerprint density at radius 2 is 1.95 bits per heavy atom. The molecule has 0 radical (unpaired) electrons. The van der Waals surface area contributed by atoms with Gasteiger partial charge in [-0.05, 0) is 12.5 Å². The Labute approximate surface area is 116 Å². The van der Waals surface area contributed by atoms with E-state index in [-0.39, 0.29) is 17.0 Å². The van der Waals surface area contributed by atoms with E-state index < -0.39 is 34.7 Å². The summed E-state index contributed by atoms with van der Waals surface area (Å²) in [6.07, 6.45) is 1.33. The second-order valence-corrected chi connectivity index (χ2v) is 6.22. The van der Waals surface area contributed by atoms with Crippen LogP contribution in [0.5, 0.6) is 0 Å². The van der Waals surface area contributed by atoms with Crippen LogP contribution in [0.2, 0.25) is 0 Å². The lowest BCUT2D eigenvalue weighted by Crippen LogP contribution is -2.53. The third kappa shape index (κ3) is 3.18. The van der Waals surface area contributed by atoms with Crippen LogP contribution in [0, 0.1) is 0 Å². The maximum atomic E-state index is 12.2. The minimum Gasteiger partial charge on any atom is -0.477 e. The van der Waals surface area contributed by atoms with Gasteiger partial charge in [0.25, 0.3) is 0 Å². The van der Waals surface area contributed by atoms with Crippen molar-refractivity contribution in [2.75, 3.05) is 13.2 Å². The highest BCUT2D eigenvalue weighted by molar-refractivity contribution is 7.89. The number of hydrogen-bond donors (Lipinski definition) is 4. The van der Waals surface area contributed by atoms with Gasteiger partial charge in [0.2, 0.25) is 10.0 Å². The minimum absolute atomic E-state index is 0.178. The summed E-state index contributed by atoms with van der Waals surface area (Å²) in [5.41, 5.74) is -1.56. The molecule has 0 atom stereocenters. The number of nitrogens with one attached hydrogen (secondary N) is 1. The number of sulfonamides is 1. The summed E-state index contributed by atoms with van der Waals surface area (Å²) in [6, 6.07) is 1.01. The van der Waals surface area contributed by atoms with Crippen LogP contribution < -0.4 is 4.72 Å². The van der Waals surface area contributed by atoms with E-state index in [1.165, 1.54) is 11.6 Å². The number of aromatic nitrogens is 1. The van der Waals surface area contributed by atoms with Gasteiger partial charge in [-0.1, -0.05) is 6.92 Å². The predicted molar refractivity (Wildman–Crippen MR) is 69.9 cm³/mol. The number of aliphatic hydroxyl groups excluding tert-OH is 2. The SMILES string of the molecule is CCC(CO)(CO)NS(=O)(=O)c1cc(C(=O)O)n(C)c1. The van der Waals surface area contributed by atoms with Gasteiger partial charge in [-0.3, -0.25) is 0 Å². The van der Waals surface area contributed by atoms with Gasteiger partial charge in [-0.25, -0.2) is 17.9 Å². The van der Waals surface area contributed by atoms with Crippen molar-refractivity contribution in [2.45, 2.75) is 23.8 Å². The molecule has 0 aromatic carbocycles. The largest absolute Gasteiger partial charge is 0.477 e. The standard InChI is InChI=1S/C11H18N2O6S/c1-3-11(6-14,7-15)12-20(18,19)8-4-9(10(16)17)13(2)5-8/h4-5,12,14-15H,3,6-7H2,1-2H3,(H,16,17). The molecule has 20 heavy (non-hydrogen) atoms. The molecule has 0 aliphatic heterocycles. The first-order valence-electron chi connectivity index (χ1n) is 5.86. The minimum atomic E-state index is -4.04. The maximum Gasteiger partial charge on any atom is 0.352 e. The summed E-state index contributed by atoms with van der Waals surface area (Å²) in [6.45, 7) is 0.471. The summed E-state index contributed by atoms with van der Waals surface area (Å²) >= 11 is 0. The number of aromatic carboxylic acids is 1. The average molecular weight is 306 g/mol. The fourth-order valence-corrected chi connectivity index (χ4v) is 3.17. The number of carboxylic acids is 1. The van der Waals surface area contributed by atoms with E-state index in [2.05, 4.69) is 4.72 Å². The second-order valence-electron chi connectivity index (χ2n) is 4.53. The predicted octanol–water partition coefficient (Wildman–Crippen LogP) is -0.865. The molecule has 0 bridgehead atoms. The number of rotatable bonds is 7. The van der Waals surface area contributed by atoms with Gasteiger partial charge in [0.15, 0.2) is 0 Å². The van der Waals surface area contributed by atoms with Crippen molar-refractivity contribution < 1.29 is 28.5 Å². The second kappa shape index (κ2) is 5.92. The Morgan fingerprint density at radius 3 is 2.30 bits per heavy atom. The van der Waals surface area contributed by atoms with Crippen LogP contribution in [-0.4, -0.2) is 53.0 Å². The number of aryl methyl sites for hydroxylation is 1. The quantitative estimate of drug-likeness (QED) is 0.518. The molecule has 0 amide bonds. The van der Waals surface area contributed by atoms with Crippen LogP contribution in [0.25, 0.3) is 0 Å². The van der Waals surface area contributed by atoms with Crippen molar-refractivity contribution in [3.8, 4) is 0 Å². The first-order valence-corrected chi connectivity index (χ1v) is 7.35. The summed E-state index contributed by atoms with van der Waals surface area (Å²) in [5, 5.41) is 27.4. The number of carbonyl (C=O) groups is 1. The van der Waals surface area contributed by atoms with Gasteiger partial charge in [-0.2, -0.15) is 0 Å². The van der Waals surface area contributed by atoms with Crippen molar-refractivity contribution >= 4 is 16.0 Å².